The summed E-state index contributed by atoms with van der Waals surface area (Å²) in [6.45, 7) is 5.21. The van der Waals surface area contributed by atoms with Gasteiger partial charge in [0.2, 0.25) is 0 Å². The van der Waals surface area contributed by atoms with E-state index in [0.29, 0.717) is 26.2 Å². The summed E-state index contributed by atoms with van der Waals surface area (Å²) in [5, 5.41) is 0. The summed E-state index contributed by atoms with van der Waals surface area (Å²) in [5.74, 6) is 0.204. The Balaban J connectivity index is 2.85. The molecule has 1 rings (SSSR count). The van der Waals surface area contributed by atoms with E-state index in [2.05, 4.69) is 0 Å². The highest BCUT2D eigenvalue weighted by molar-refractivity contribution is 7.86. The molecule has 0 amide bonds. The lowest BCUT2D eigenvalue weighted by atomic mass is 10.1. The molecule has 0 aromatic heterocycles. The molecule has 0 bridgehead atoms. The molecule has 0 aliphatic heterocycles. The van der Waals surface area contributed by atoms with E-state index in [1.807, 2.05) is 13.8 Å². The zero-order valence-corrected chi connectivity index (χ0v) is 13.4. The van der Waals surface area contributed by atoms with Crippen LogP contribution in [-0.4, -0.2) is 46.5 Å². The highest BCUT2D eigenvalue weighted by atomic mass is 32.2. The van der Waals surface area contributed by atoms with Crippen LogP contribution in [0.25, 0.3) is 0 Å². The molecule has 120 valence electrons. The topological polar surface area (TPSA) is 82.1 Å². The standard InChI is InChI=1S/C14H22O6S/c1-4-12-11(2)5-6-13(21(15,16)17)14(12)20-10-9-19-8-7-18-3/h5-6H,4,7-10H2,1-3H3,(H,15,16,17). The van der Waals surface area contributed by atoms with Crippen molar-refractivity contribution in [3.8, 4) is 5.75 Å². The van der Waals surface area contributed by atoms with E-state index >= 15 is 0 Å². The van der Waals surface area contributed by atoms with E-state index in [1.54, 1.807) is 13.2 Å². The average Bonchev–Trinajstić information content (AvgIpc) is 2.41. The Hall–Kier alpha value is -1.15. The van der Waals surface area contributed by atoms with Gasteiger partial charge in [0.05, 0.1) is 19.8 Å². The van der Waals surface area contributed by atoms with Gasteiger partial charge in [-0.1, -0.05) is 13.0 Å². The van der Waals surface area contributed by atoms with Crippen LogP contribution in [0.4, 0.5) is 0 Å². The van der Waals surface area contributed by atoms with Crippen LogP contribution in [0.15, 0.2) is 17.0 Å². The first-order valence-electron chi connectivity index (χ1n) is 6.71. The van der Waals surface area contributed by atoms with E-state index in [9.17, 15) is 13.0 Å². The molecule has 21 heavy (non-hydrogen) atoms. The third kappa shape index (κ3) is 5.28. The first kappa shape index (κ1) is 17.9. The fourth-order valence-corrected chi connectivity index (χ4v) is 2.61. The van der Waals surface area contributed by atoms with E-state index in [4.69, 9.17) is 14.2 Å². The van der Waals surface area contributed by atoms with Crippen LogP contribution >= 0.6 is 0 Å². The number of benzene rings is 1. The molecule has 0 aliphatic rings. The molecule has 0 radical (unpaired) electrons. The lowest BCUT2D eigenvalue weighted by Gasteiger charge is -2.16. The van der Waals surface area contributed by atoms with E-state index in [0.717, 1.165) is 11.1 Å². The van der Waals surface area contributed by atoms with Crippen molar-refractivity contribution < 1.29 is 27.2 Å². The van der Waals surface area contributed by atoms with Gasteiger partial charge in [-0.15, -0.1) is 0 Å². The number of aryl methyl sites for hydroxylation is 1. The van der Waals surface area contributed by atoms with Crippen LogP contribution in [0.2, 0.25) is 0 Å². The van der Waals surface area contributed by atoms with E-state index in [1.165, 1.54) is 6.07 Å². The molecule has 0 spiro atoms. The van der Waals surface area contributed by atoms with Crippen molar-refractivity contribution >= 4 is 10.1 Å². The lowest BCUT2D eigenvalue weighted by Crippen LogP contribution is -2.13. The van der Waals surface area contributed by atoms with Crippen LogP contribution in [0.1, 0.15) is 18.1 Å². The van der Waals surface area contributed by atoms with Gasteiger partial charge < -0.3 is 14.2 Å². The number of rotatable bonds is 9. The predicted octanol–water partition coefficient (Wildman–Crippen LogP) is 1.85. The Bertz CT molecular complexity index is 553. The lowest BCUT2D eigenvalue weighted by molar-refractivity contribution is 0.0537. The van der Waals surface area contributed by atoms with Crippen molar-refractivity contribution in [3.63, 3.8) is 0 Å². The molecule has 0 unspecified atom stereocenters. The maximum Gasteiger partial charge on any atom is 0.298 e. The minimum atomic E-state index is -4.32. The van der Waals surface area contributed by atoms with Crippen molar-refractivity contribution in [1.29, 1.82) is 0 Å². The maximum absolute atomic E-state index is 11.4. The van der Waals surface area contributed by atoms with Crippen LogP contribution < -0.4 is 4.74 Å². The normalized spacial score (nSPS) is 11.6. The van der Waals surface area contributed by atoms with Gasteiger partial charge in [-0.2, -0.15) is 8.42 Å². The molecule has 0 saturated carbocycles. The zero-order valence-electron chi connectivity index (χ0n) is 12.6. The Kier molecular flexibility index (Phi) is 7.10. The SMILES string of the molecule is CCc1c(C)ccc(S(=O)(=O)O)c1OCCOCCOC. The van der Waals surface area contributed by atoms with Crippen molar-refractivity contribution in [3.05, 3.63) is 23.3 Å². The van der Waals surface area contributed by atoms with Crippen LogP contribution in [0.3, 0.4) is 0 Å². The smallest absolute Gasteiger partial charge is 0.298 e. The van der Waals surface area contributed by atoms with Gasteiger partial charge in [-0.25, -0.2) is 0 Å². The third-order valence-electron chi connectivity index (χ3n) is 3.00. The van der Waals surface area contributed by atoms with Crippen molar-refractivity contribution in [2.75, 3.05) is 33.5 Å². The molecule has 0 fully saturated rings. The quantitative estimate of drug-likeness (QED) is 0.553. The van der Waals surface area contributed by atoms with Gasteiger partial charge in [-0.3, -0.25) is 4.55 Å². The van der Waals surface area contributed by atoms with Gasteiger partial charge in [0.1, 0.15) is 17.3 Å². The number of hydrogen-bond acceptors (Lipinski definition) is 5. The van der Waals surface area contributed by atoms with E-state index in [-0.39, 0.29) is 17.3 Å². The Morgan fingerprint density at radius 1 is 1.14 bits per heavy atom. The largest absolute Gasteiger partial charge is 0.489 e. The monoisotopic (exact) mass is 318 g/mol. The number of ether oxygens (including phenoxy) is 3. The van der Waals surface area contributed by atoms with Gasteiger partial charge in [0.25, 0.3) is 10.1 Å². The zero-order chi connectivity index (χ0) is 15.9. The average molecular weight is 318 g/mol. The van der Waals surface area contributed by atoms with Crippen molar-refractivity contribution in [2.24, 2.45) is 0 Å². The molecular weight excluding hydrogens is 296 g/mol. The Morgan fingerprint density at radius 3 is 2.38 bits per heavy atom. The molecule has 1 aromatic carbocycles. The summed E-state index contributed by atoms with van der Waals surface area (Å²) < 4.78 is 47.8. The molecule has 0 aliphatic carbocycles. The molecule has 0 atom stereocenters. The fraction of sp³-hybridized carbons (Fsp3) is 0.571. The third-order valence-corrected chi connectivity index (χ3v) is 3.87. The van der Waals surface area contributed by atoms with Gasteiger partial charge in [-0.05, 0) is 30.5 Å². The highest BCUT2D eigenvalue weighted by Crippen LogP contribution is 2.31. The maximum atomic E-state index is 11.4. The first-order valence-corrected chi connectivity index (χ1v) is 8.15. The summed E-state index contributed by atoms with van der Waals surface area (Å²) >= 11 is 0. The molecule has 6 nitrogen and oxygen atoms in total. The minimum Gasteiger partial charge on any atom is -0.489 e. The molecule has 7 heteroatoms. The second-order valence-electron chi connectivity index (χ2n) is 4.47. The van der Waals surface area contributed by atoms with Gasteiger partial charge >= 0.3 is 0 Å². The molecule has 0 heterocycles. The Morgan fingerprint density at radius 2 is 1.81 bits per heavy atom. The summed E-state index contributed by atoms with van der Waals surface area (Å²) in [6, 6.07) is 3.01. The molecular formula is C14H22O6S. The second kappa shape index (κ2) is 8.33. The fourth-order valence-electron chi connectivity index (χ4n) is 1.95. The molecule has 1 N–H and O–H groups in total. The minimum absolute atomic E-state index is 0.197. The van der Waals surface area contributed by atoms with Crippen molar-refractivity contribution in [1.82, 2.24) is 0 Å². The summed E-state index contributed by atoms with van der Waals surface area (Å²) in [6.07, 6.45) is 0.606. The van der Waals surface area contributed by atoms with Crippen LogP contribution in [-0.2, 0) is 26.0 Å². The Labute approximate surface area is 125 Å². The number of hydrogen-bond donors (Lipinski definition) is 1. The number of methoxy groups -OCH3 is 1. The first-order chi connectivity index (χ1) is 9.91. The summed E-state index contributed by atoms with van der Waals surface area (Å²) in [7, 11) is -2.74. The van der Waals surface area contributed by atoms with Gasteiger partial charge in [0, 0.05) is 7.11 Å². The molecule has 1 aromatic rings. The molecule has 0 saturated heterocycles. The predicted molar refractivity (Wildman–Crippen MR) is 78.6 cm³/mol. The van der Waals surface area contributed by atoms with E-state index < -0.39 is 10.1 Å². The second-order valence-corrected chi connectivity index (χ2v) is 5.86. The summed E-state index contributed by atoms with van der Waals surface area (Å²) in [5.41, 5.74) is 1.68. The highest BCUT2D eigenvalue weighted by Gasteiger charge is 2.20. The summed E-state index contributed by atoms with van der Waals surface area (Å²) in [4.78, 5) is -0.207. The van der Waals surface area contributed by atoms with Crippen LogP contribution in [0, 0.1) is 6.92 Å². The van der Waals surface area contributed by atoms with Gasteiger partial charge in [0.15, 0.2) is 0 Å². The van der Waals surface area contributed by atoms with Crippen molar-refractivity contribution in [2.45, 2.75) is 25.2 Å². The van der Waals surface area contributed by atoms with Crippen LogP contribution in [0.5, 0.6) is 5.75 Å².